The van der Waals surface area contributed by atoms with Gasteiger partial charge in [-0.3, -0.25) is 0 Å². The van der Waals surface area contributed by atoms with Crippen LogP contribution in [0.2, 0.25) is 0 Å². The zero-order valence-electron chi connectivity index (χ0n) is 12.8. The van der Waals surface area contributed by atoms with Gasteiger partial charge >= 0.3 is 0 Å². The minimum absolute atomic E-state index is 0.605. The van der Waals surface area contributed by atoms with Crippen molar-refractivity contribution in [3.8, 4) is 0 Å². The van der Waals surface area contributed by atoms with Crippen LogP contribution in [0.3, 0.4) is 0 Å². The monoisotopic (exact) mass is 306 g/mol. The molecule has 1 aliphatic carbocycles. The Kier molecular flexibility index (Phi) is 6.00. The predicted octanol–water partition coefficient (Wildman–Crippen LogP) is 2.94. The molecule has 0 aromatic heterocycles. The highest BCUT2D eigenvalue weighted by Crippen LogP contribution is 2.41. The summed E-state index contributed by atoms with van der Waals surface area (Å²) < 4.78 is 0. The molecule has 0 saturated heterocycles. The third kappa shape index (κ3) is 4.68. The fourth-order valence-electron chi connectivity index (χ4n) is 3.30. The van der Waals surface area contributed by atoms with E-state index in [1.54, 1.807) is 0 Å². The predicted molar refractivity (Wildman–Crippen MR) is 91.2 cm³/mol. The second-order valence-corrected chi connectivity index (χ2v) is 6.42. The van der Waals surface area contributed by atoms with E-state index in [9.17, 15) is 5.11 Å². The average Bonchev–Trinajstić information content (AvgIpc) is 2.52. The first-order valence-electron chi connectivity index (χ1n) is 7.87. The van der Waals surface area contributed by atoms with Gasteiger partial charge in [0, 0.05) is 13.6 Å². The molecule has 3 nitrogen and oxygen atoms in total. The molecular weight excluding hydrogens is 280 g/mol. The fraction of sp³-hybridized carbons (Fsp3) is 0.588. The molecule has 1 saturated carbocycles. The van der Waals surface area contributed by atoms with Crippen molar-refractivity contribution in [2.24, 2.45) is 5.92 Å². The van der Waals surface area contributed by atoms with Gasteiger partial charge in [0.1, 0.15) is 0 Å². The Hall–Kier alpha value is -1.13. The van der Waals surface area contributed by atoms with Gasteiger partial charge in [-0.05, 0) is 55.8 Å². The Morgan fingerprint density at radius 2 is 2.14 bits per heavy atom. The van der Waals surface area contributed by atoms with Crippen LogP contribution >= 0.6 is 12.2 Å². The summed E-state index contributed by atoms with van der Waals surface area (Å²) >= 11 is 5.06. The third-order valence-electron chi connectivity index (χ3n) is 4.44. The fourth-order valence-corrected chi connectivity index (χ4v) is 3.40. The standard InChI is InChI=1S/C17H26N2OS/c1-18-16(21)19-12-6-8-14-7-5-11-17(20,13-14)15-9-3-2-4-10-15/h2-4,9-10,14,20H,5-8,11-13H2,1H3,(H2,18,19,21). The van der Waals surface area contributed by atoms with Crippen molar-refractivity contribution in [3.63, 3.8) is 0 Å². The molecule has 1 fully saturated rings. The zero-order chi connectivity index (χ0) is 15.1. The molecule has 3 N–H and O–H groups in total. The maximum Gasteiger partial charge on any atom is 0.166 e. The van der Waals surface area contributed by atoms with Crippen molar-refractivity contribution in [2.45, 2.75) is 44.1 Å². The maximum atomic E-state index is 10.9. The van der Waals surface area contributed by atoms with E-state index in [1.165, 1.54) is 6.42 Å². The number of nitrogens with one attached hydrogen (secondary N) is 2. The Morgan fingerprint density at radius 3 is 2.86 bits per heavy atom. The average molecular weight is 306 g/mol. The molecule has 0 bridgehead atoms. The Morgan fingerprint density at radius 1 is 1.38 bits per heavy atom. The summed E-state index contributed by atoms with van der Waals surface area (Å²) in [4.78, 5) is 0. The molecule has 0 amide bonds. The van der Waals surface area contributed by atoms with Crippen molar-refractivity contribution in [2.75, 3.05) is 13.6 Å². The summed E-state index contributed by atoms with van der Waals surface area (Å²) in [5, 5.41) is 17.8. The minimum atomic E-state index is -0.627. The number of hydrogen-bond donors (Lipinski definition) is 3. The number of aliphatic hydroxyl groups is 1. The summed E-state index contributed by atoms with van der Waals surface area (Å²) in [6.07, 6.45) is 6.35. The zero-order valence-corrected chi connectivity index (χ0v) is 13.6. The van der Waals surface area contributed by atoms with Gasteiger partial charge in [-0.2, -0.15) is 0 Å². The highest BCUT2D eigenvalue weighted by molar-refractivity contribution is 7.80. The summed E-state index contributed by atoms with van der Waals surface area (Å²) in [6.45, 7) is 0.903. The first-order valence-corrected chi connectivity index (χ1v) is 8.28. The molecule has 1 aromatic rings. The van der Waals surface area contributed by atoms with Gasteiger partial charge in [-0.1, -0.05) is 36.8 Å². The van der Waals surface area contributed by atoms with Crippen molar-refractivity contribution >= 4 is 17.3 Å². The van der Waals surface area contributed by atoms with E-state index in [1.807, 2.05) is 25.2 Å². The molecule has 21 heavy (non-hydrogen) atoms. The van der Waals surface area contributed by atoms with E-state index in [-0.39, 0.29) is 0 Å². The number of hydrogen-bond acceptors (Lipinski definition) is 2. The smallest absolute Gasteiger partial charge is 0.166 e. The van der Waals surface area contributed by atoms with E-state index in [0.29, 0.717) is 11.0 Å². The summed E-state index contributed by atoms with van der Waals surface area (Å²) in [7, 11) is 1.83. The van der Waals surface area contributed by atoms with Crippen LogP contribution in [-0.2, 0) is 5.60 Å². The van der Waals surface area contributed by atoms with E-state index in [2.05, 4.69) is 22.8 Å². The molecule has 0 spiro atoms. The van der Waals surface area contributed by atoms with Gasteiger partial charge in [0.25, 0.3) is 0 Å². The quantitative estimate of drug-likeness (QED) is 0.578. The van der Waals surface area contributed by atoms with Crippen molar-refractivity contribution in [1.82, 2.24) is 10.6 Å². The topological polar surface area (TPSA) is 44.3 Å². The molecule has 2 unspecified atom stereocenters. The van der Waals surface area contributed by atoms with Crippen LogP contribution in [0.4, 0.5) is 0 Å². The number of benzene rings is 1. The van der Waals surface area contributed by atoms with Crippen LogP contribution in [0, 0.1) is 5.92 Å². The largest absolute Gasteiger partial charge is 0.385 e. The summed E-state index contributed by atoms with van der Waals surface area (Å²) in [6, 6.07) is 10.1. The summed E-state index contributed by atoms with van der Waals surface area (Å²) in [5.41, 5.74) is 0.446. The van der Waals surface area contributed by atoms with Crippen LogP contribution in [0.25, 0.3) is 0 Å². The minimum Gasteiger partial charge on any atom is -0.385 e. The maximum absolute atomic E-state index is 10.9. The van der Waals surface area contributed by atoms with Gasteiger partial charge in [-0.25, -0.2) is 0 Å². The van der Waals surface area contributed by atoms with Crippen molar-refractivity contribution in [3.05, 3.63) is 35.9 Å². The molecule has 1 aromatic carbocycles. The lowest BCUT2D eigenvalue weighted by Gasteiger charge is -2.37. The molecular formula is C17H26N2OS. The Balaban J connectivity index is 1.82. The summed E-state index contributed by atoms with van der Waals surface area (Å²) in [5.74, 6) is 0.605. The van der Waals surface area contributed by atoms with Gasteiger partial charge in [0.05, 0.1) is 5.60 Å². The molecule has 2 atom stereocenters. The van der Waals surface area contributed by atoms with E-state index in [4.69, 9.17) is 12.2 Å². The third-order valence-corrected chi connectivity index (χ3v) is 4.79. The van der Waals surface area contributed by atoms with Gasteiger partial charge in [0.2, 0.25) is 0 Å². The van der Waals surface area contributed by atoms with E-state index < -0.39 is 5.60 Å². The van der Waals surface area contributed by atoms with Gasteiger partial charge in [0.15, 0.2) is 5.11 Å². The lowest BCUT2D eigenvalue weighted by Crippen LogP contribution is -2.34. The highest BCUT2D eigenvalue weighted by Gasteiger charge is 2.35. The van der Waals surface area contributed by atoms with E-state index >= 15 is 0 Å². The van der Waals surface area contributed by atoms with Crippen LogP contribution in [0.5, 0.6) is 0 Å². The molecule has 0 radical (unpaired) electrons. The molecule has 0 aliphatic heterocycles. The van der Waals surface area contributed by atoms with Crippen LogP contribution in [-0.4, -0.2) is 23.8 Å². The first-order chi connectivity index (χ1) is 10.1. The second-order valence-electron chi connectivity index (χ2n) is 6.01. The number of rotatable bonds is 5. The van der Waals surface area contributed by atoms with E-state index in [0.717, 1.165) is 44.2 Å². The Bertz CT molecular complexity index is 451. The van der Waals surface area contributed by atoms with Crippen molar-refractivity contribution < 1.29 is 5.11 Å². The van der Waals surface area contributed by atoms with Crippen LogP contribution in [0.15, 0.2) is 30.3 Å². The Labute approximate surface area is 133 Å². The molecule has 116 valence electrons. The number of thiocarbonyl (C=S) groups is 1. The van der Waals surface area contributed by atoms with Crippen LogP contribution < -0.4 is 10.6 Å². The first kappa shape index (κ1) is 16.2. The highest BCUT2D eigenvalue weighted by atomic mass is 32.1. The van der Waals surface area contributed by atoms with Crippen LogP contribution in [0.1, 0.15) is 44.1 Å². The SMILES string of the molecule is CNC(=S)NCCCC1CCCC(O)(c2ccccc2)C1. The second kappa shape index (κ2) is 7.76. The van der Waals surface area contributed by atoms with Gasteiger partial charge in [-0.15, -0.1) is 0 Å². The molecule has 2 rings (SSSR count). The molecule has 4 heteroatoms. The lowest BCUT2D eigenvalue weighted by atomic mass is 9.73. The lowest BCUT2D eigenvalue weighted by molar-refractivity contribution is -0.0227. The van der Waals surface area contributed by atoms with Gasteiger partial charge < -0.3 is 15.7 Å². The molecule has 0 heterocycles. The van der Waals surface area contributed by atoms with Crippen molar-refractivity contribution in [1.29, 1.82) is 0 Å². The molecule has 1 aliphatic rings. The normalized spacial score (nSPS) is 25.3.